The summed E-state index contributed by atoms with van der Waals surface area (Å²) in [6.07, 6.45) is 7.32. The fourth-order valence-corrected chi connectivity index (χ4v) is 16.1. The number of carbonyl (C=O) groups excluding carboxylic acids is 2. The standard InChI is InChI=1S/C66H130O11Si5/c1-33-34-35-54-55(76-81(29,30)64(15,16)17)40-37-50(73-78(23,24)61(6,7)8)44-51(74-79(25,26)62(9,10)11)38-41-56-59(68)58(72-66(21,22)71-56)43-46(2)42-48(4)52(67)45-57(77-82(31,32)65(18,19)20)47(3)36-39-53(49(5)60(69)70-54)75-80(27,28)63(12,13)14/h36,39,42,48-58,67H,3,33-35,37-38,40-41,43-45H2,1-2,4-32H3/b39-36+,46-42+/t48-,49-,50+,51+,52+,53+,54-,55-,56-,57+,58-/m1/s1. The molecule has 0 aromatic heterocycles. The molecule has 0 aromatic rings. The number of unbranched alkanes of at least 4 members (excludes halogenated alkanes) is 1. The van der Waals surface area contributed by atoms with Crippen LogP contribution in [0.15, 0.2) is 36.0 Å². The zero-order chi connectivity index (χ0) is 64.0. The number of hydrogen-bond acceptors (Lipinski definition) is 11. The molecular weight excluding hydrogens is 1110 g/mol. The van der Waals surface area contributed by atoms with Gasteiger partial charge in [0.25, 0.3) is 0 Å². The first-order valence-electron chi connectivity index (χ1n) is 31.8. The first-order valence-corrected chi connectivity index (χ1v) is 46.4. The maximum Gasteiger partial charge on any atom is 0.311 e. The number of carbonyl (C=O) groups is 2. The Balaban J connectivity index is 3.14. The molecule has 0 aliphatic carbocycles. The Kier molecular flexibility index (Phi) is 27.5. The third-order valence-electron chi connectivity index (χ3n) is 20.2. The van der Waals surface area contributed by atoms with Gasteiger partial charge in [-0.05, 0) is 169 Å². The minimum Gasteiger partial charge on any atom is -0.459 e. The predicted octanol–water partition coefficient (Wildman–Crippen LogP) is 18.6. The molecule has 0 unspecified atom stereocenters. The van der Waals surface area contributed by atoms with Gasteiger partial charge in [-0.1, -0.05) is 155 Å². The van der Waals surface area contributed by atoms with Crippen LogP contribution in [0.25, 0.3) is 0 Å². The van der Waals surface area contributed by atoms with Crippen molar-refractivity contribution >= 4 is 53.3 Å². The molecule has 16 heteroatoms. The average Bonchev–Trinajstić information content (AvgIpc) is 3.30. The van der Waals surface area contributed by atoms with Crippen LogP contribution in [0.2, 0.25) is 90.7 Å². The Morgan fingerprint density at radius 1 is 0.622 bits per heavy atom. The maximum atomic E-state index is 15.3. The largest absolute Gasteiger partial charge is 0.459 e. The molecule has 82 heavy (non-hydrogen) atoms. The van der Waals surface area contributed by atoms with Crippen LogP contribution in [0.1, 0.15) is 210 Å². The van der Waals surface area contributed by atoms with E-state index < -0.39 is 96.0 Å². The van der Waals surface area contributed by atoms with E-state index in [-0.39, 0.29) is 55.1 Å². The zero-order valence-corrected chi connectivity index (χ0v) is 63.9. The number of hydrogen-bond donors (Lipinski definition) is 1. The van der Waals surface area contributed by atoms with Gasteiger partial charge in [-0.2, -0.15) is 0 Å². The zero-order valence-electron chi connectivity index (χ0n) is 58.9. The molecule has 0 saturated carbocycles. The summed E-state index contributed by atoms with van der Waals surface area (Å²) in [7, 11) is -12.1. The van der Waals surface area contributed by atoms with Gasteiger partial charge < -0.3 is 41.4 Å². The average molecular weight is 1240 g/mol. The highest BCUT2D eigenvalue weighted by molar-refractivity contribution is 6.75. The summed E-state index contributed by atoms with van der Waals surface area (Å²) in [5.74, 6) is -2.37. The first-order chi connectivity index (χ1) is 36.6. The van der Waals surface area contributed by atoms with E-state index in [4.69, 9.17) is 36.3 Å². The van der Waals surface area contributed by atoms with Crippen LogP contribution in [0.5, 0.6) is 0 Å². The van der Waals surface area contributed by atoms with Gasteiger partial charge in [-0.3, -0.25) is 9.59 Å². The molecule has 2 aliphatic heterocycles. The van der Waals surface area contributed by atoms with Gasteiger partial charge in [0.1, 0.15) is 18.3 Å². The van der Waals surface area contributed by atoms with Gasteiger partial charge in [0, 0.05) is 31.0 Å². The van der Waals surface area contributed by atoms with Gasteiger partial charge in [0.05, 0.1) is 30.3 Å². The van der Waals surface area contributed by atoms with Crippen LogP contribution >= 0.6 is 0 Å². The fourth-order valence-electron chi connectivity index (χ4n) is 9.30. The van der Waals surface area contributed by atoms with Crippen LogP contribution in [0.3, 0.4) is 0 Å². The minimum absolute atomic E-state index is 0.0695. The molecule has 2 bridgehead atoms. The van der Waals surface area contributed by atoms with E-state index in [2.05, 4.69) is 189 Å². The minimum atomic E-state index is -2.49. The number of aliphatic hydroxyl groups excluding tert-OH is 1. The normalized spacial score (nSPS) is 30.1. The topological polar surface area (TPSA) is 128 Å². The Labute approximate surface area is 510 Å². The fraction of sp³-hybridized carbons (Fsp3) is 0.879. The molecule has 0 amide bonds. The van der Waals surface area contributed by atoms with E-state index in [1.165, 1.54) is 0 Å². The van der Waals surface area contributed by atoms with Crippen LogP contribution in [-0.4, -0.2) is 119 Å². The molecule has 1 N–H and O–H groups in total. The lowest BCUT2D eigenvalue weighted by Crippen LogP contribution is -2.52. The number of ether oxygens (including phenoxy) is 3. The summed E-state index contributed by atoms with van der Waals surface area (Å²) < 4.78 is 57.0. The summed E-state index contributed by atoms with van der Waals surface area (Å²) in [5.41, 5.74) is 1.65. The second-order valence-electron chi connectivity index (χ2n) is 33.3. The Morgan fingerprint density at radius 3 is 1.51 bits per heavy atom. The molecule has 11 atom stereocenters. The van der Waals surface area contributed by atoms with Gasteiger partial charge in [-0.15, -0.1) is 0 Å². The van der Waals surface area contributed by atoms with E-state index in [0.717, 1.165) is 18.4 Å². The molecule has 0 aromatic carbocycles. The van der Waals surface area contributed by atoms with Crippen molar-refractivity contribution in [3.63, 3.8) is 0 Å². The van der Waals surface area contributed by atoms with E-state index in [9.17, 15) is 9.90 Å². The lowest BCUT2D eigenvalue weighted by molar-refractivity contribution is -0.280. The van der Waals surface area contributed by atoms with Crippen molar-refractivity contribution in [1.29, 1.82) is 0 Å². The van der Waals surface area contributed by atoms with Crippen molar-refractivity contribution in [2.75, 3.05) is 0 Å². The summed E-state index contributed by atoms with van der Waals surface area (Å²) in [4.78, 5) is 30.0. The van der Waals surface area contributed by atoms with Crippen molar-refractivity contribution < 1.29 is 51.0 Å². The van der Waals surface area contributed by atoms with E-state index in [1.54, 1.807) is 0 Å². The monoisotopic (exact) mass is 1240 g/mol. The Morgan fingerprint density at radius 2 is 1.05 bits per heavy atom. The van der Waals surface area contributed by atoms with Gasteiger partial charge in [0.15, 0.2) is 53.2 Å². The lowest BCUT2D eigenvalue weighted by Gasteiger charge is -2.44. The van der Waals surface area contributed by atoms with Crippen molar-refractivity contribution in [1.82, 2.24) is 0 Å². The Hall–Kier alpha value is -0.876. The van der Waals surface area contributed by atoms with Crippen molar-refractivity contribution in [3.05, 3.63) is 36.0 Å². The van der Waals surface area contributed by atoms with Crippen molar-refractivity contribution in [2.45, 2.75) is 361 Å². The van der Waals surface area contributed by atoms with Crippen molar-refractivity contribution in [3.8, 4) is 0 Å². The third kappa shape index (κ3) is 22.6. The second kappa shape index (κ2) is 29.2. The first kappa shape index (κ1) is 77.2. The van der Waals surface area contributed by atoms with Gasteiger partial charge >= 0.3 is 5.97 Å². The van der Waals surface area contributed by atoms with E-state index in [0.29, 0.717) is 56.9 Å². The molecule has 0 radical (unpaired) electrons. The predicted molar refractivity (Wildman–Crippen MR) is 357 cm³/mol. The third-order valence-corrected chi connectivity index (χ3v) is 42.8. The highest BCUT2D eigenvalue weighted by atomic mass is 28.4. The molecule has 2 aliphatic rings. The highest BCUT2D eigenvalue weighted by Crippen LogP contribution is 2.45. The molecule has 1 saturated heterocycles. The van der Waals surface area contributed by atoms with Crippen LogP contribution in [-0.2, 0) is 45.9 Å². The van der Waals surface area contributed by atoms with E-state index >= 15 is 4.79 Å². The quantitative estimate of drug-likeness (QED) is 0.108. The van der Waals surface area contributed by atoms with Crippen LogP contribution < -0.4 is 0 Å². The lowest BCUT2D eigenvalue weighted by atomic mass is 9.91. The molecule has 11 nitrogen and oxygen atoms in total. The van der Waals surface area contributed by atoms with Gasteiger partial charge in [-0.25, -0.2) is 0 Å². The SMILES string of the molecule is C=C1/C=C/[C@H](O[Si](C)(C)C(C)(C)C)[C@@H](C)C(=O)O[C@H](CCCC)[C@H](O[Si](C)(C)C(C)(C)C)CC[C@H](O[Si](C)(C)C(C)(C)C)C[C@@H](O[Si](C)(C)C(C)(C)C)CC[C@H]2OC(C)(C)O[C@H](C/C(C)=C/[C@@H](C)[C@@H](O)C[C@@H]1O[Si](C)(C)C(C)(C)C)C2=O. The number of esters is 1. The molecule has 2 heterocycles. The number of cyclic esters (lactones) is 1. The molecular formula is C66H130O11Si5. The number of fused-ring (bicyclic) bond motifs is 2. The Bertz CT molecular complexity index is 2110. The molecule has 0 spiro atoms. The summed E-state index contributed by atoms with van der Waals surface area (Å²) in [6.45, 7) is 73.1. The maximum absolute atomic E-state index is 15.3. The molecule has 1 fully saturated rings. The summed E-state index contributed by atoms with van der Waals surface area (Å²) >= 11 is 0. The number of aliphatic hydroxyl groups is 1. The second-order valence-corrected chi connectivity index (χ2v) is 57.0. The number of rotatable bonds is 13. The molecule has 2 rings (SSSR count). The van der Waals surface area contributed by atoms with E-state index in [1.807, 2.05) is 46.8 Å². The molecule has 480 valence electrons. The highest BCUT2D eigenvalue weighted by Gasteiger charge is 2.48. The van der Waals surface area contributed by atoms with Gasteiger partial charge in [0.2, 0.25) is 0 Å². The van der Waals surface area contributed by atoms with Crippen LogP contribution in [0, 0.1) is 11.8 Å². The smallest absolute Gasteiger partial charge is 0.311 e. The summed E-state index contributed by atoms with van der Waals surface area (Å²) in [5, 5.41) is 11.7. The van der Waals surface area contributed by atoms with Crippen molar-refractivity contribution in [2.24, 2.45) is 11.8 Å². The number of Topliss-reactive ketones (excluding diaryl/α,β-unsaturated/α-hetero) is 1. The van der Waals surface area contributed by atoms with Crippen LogP contribution in [0.4, 0.5) is 0 Å². The summed E-state index contributed by atoms with van der Waals surface area (Å²) in [6, 6.07) is 0. The number of ketones is 1.